The molecule has 0 fully saturated rings. The number of guanidine groups is 1. The minimum absolute atomic E-state index is 0.0374. The number of rotatable bonds is 4. The monoisotopic (exact) mass is 423 g/mol. The Labute approximate surface area is 166 Å². The zero-order valence-corrected chi connectivity index (χ0v) is 16.5. The number of nitrogens with two attached hydrogens (primary N) is 1. The van der Waals surface area contributed by atoms with Crippen molar-refractivity contribution in [1.82, 2.24) is 9.29 Å². The van der Waals surface area contributed by atoms with E-state index in [-0.39, 0.29) is 29.4 Å². The van der Waals surface area contributed by atoms with Gasteiger partial charge in [0.05, 0.1) is 11.9 Å². The van der Waals surface area contributed by atoms with E-state index in [0.29, 0.717) is 0 Å². The Balaban J connectivity index is 1.96. The number of benzene rings is 1. The molecule has 1 aliphatic rings. The Morgan fingerprint density at radius 3 is 2.62 bits per heavy atom. The molecule has 1 amide bonds. The van der Waals surface area contributed by atoms with Crippen LogP contribution in [0.15, 0.2) is 41.5 Å². The first-order chi connectivity index (χ1) is 13.6. The Bertz CT molecular complexity index is 1090. The molecule has 0 bridgehead atoms. The van der Waals surface area contributed by atoms with Crippen LogP contribution in [0.3, 0.4) is 0 Å². The Morgan fingerprint density at radius 2 is 2.03 bits per heavy atom. The minimum Gasteiger partial charge on any atom is -0.369 e. The largest absolute Gasteiger partial charge is 0.369 e. The van der Waals surface area contributed by atoms with Crippen LogP contribution in [-0.2, 0) is 15.6 Å². The van der Waals surface area contributed by atoms with Gasteiger partial charge >= 0.3 is 0 Å². The zero-order valence-electron chi connectivity index (χ0n) is 15.7. The van der Waals surface area contributed by atoms with E-state index in [1.807, 2.05) is 0 Å². The Hall–Kier alpha value is -3.08. The number of nitrogens with zero attached hydrogens (tertiary/aromatic N) is 3. The standard InChI is InChI=1S/C18H19F2N5O3S/c1-3-25-17(21)24-18(2,10-29(25,27)28)13-8-12(5-6-14(13)20)23-16(26)15-7-4-11(19)9-22-15/h4-9H,3,10H2,1-2H3,(H2,21,24)(H,23,26)/t18-/m0/s1. The summed E-state index contributed by atoms with van der Waals surface area (Å²) in [5.41, 5.74) is 4.44. The number of aromatic nitrogens is 1. The average Bonchev–Trinajstić information content (AvgIpc) is 2.62. The summed E-state index contributed by atoms with van der Waals surface area (Å²) in [6.45, 7) is 3.18. The van der Waals surface area contributed by atoms with Gasteiger partial charge in [0.2, 0.25) is 16.0 Å². The van der Waals surface area contributed by atoms with Gasteiger partial charge in [-0.05, 0) is 44.2 Å². The van der Waals surface area contributed by atoms with Crippen molar-refractivity contribution in [3.63, 3.8) is 0 Å². The molecule has 3 N–H and O–H groups in total. The van der Waals surface area contributed by atoms with Crippen molar-refractivity contribution in [2.45, 2.75) is 19.4 Å². The Kier molecular flexibility index (Phi) is 5.26. The molecule has 0 radical (unpaired) electrons. The molecule has 0 aliphatic carbocycles. The van der Waals surface area contributed by atoms with Crippen molar-refractivity contribution in [1.29, 1.82) is 0 Å². The smallest absolute Gasteiger partial charge is 0.274 e. The molecule has 2 aromatic rings. The van der Waals surface area contributed by atoms with E-state index >= 15 is 0 Å². The lowest BCUT2D eigenvalue weighted by molar-refractivity contribution is 0.102. The van der Waals surface area contributed by atoms with Crippen LogP contribution in [0.4, 0.5) is 14.5 Å². The van der Waals surface area contributed by atoms with Crippen LogP contribution in [0.2, 0.25) is 0 Å². The van der Waals surface area contributed by atoms with Gasteiger partial charge in [-0.2, -0.15) is 0 Å². The van der Waals surface area contributed by atoms with Gasteiger partial charge in [0.15, 0.2) is 0 Å². The molecule has 1 aliphatic heterocycles. The van der Waals surface area contributed by atoms with Gasteiger partial charge in [0.25, 0.3) is 5.91 Å². The fourth-order valence-corrected chi connectivity index (χ4v) is 4.94. The maximum Gasteiger partial charge on any atom is 0.274 e. The van der Waals surface area contributed by atoms with Gasteiger partial charge in [0, 0.05) is 17.8 Å². The van der Waals surface area contributed by atoms with Crippen LogP contribution < -0.4 is 11.1 Å². The third-order valence-electron chi connectivity index (χ3n) is 4.47. The van der Waals surface area contributed by atoms with Gasteiger partial charge in [-0.1, -0.05) is 0 Å². The topological polar surface area (TPSA) is 118 Å². The fraction of sp³-hybridized carbons (Fsp3) is 0.278. The van der Waals surface area contributed by atoms with Crippen molar-refractivity contribution in [3.8, 4) is 0 Å². The number of halogens is 2. The molecule has 0 saturated carbocycles. The molecule has 154 valence electrons. The molecule has 1 atom stereocenters. The lowest BCUT2D eigenvalue weighted by Gasteiger charge is -2.36. The van der Waals surface area contributed by atoms with Crippen molar-refractivity contribution in [2.24, 2.45) is 10.7 Å². The van der Waals surface area contributed by atoms with Gasteiger partial charge < -0.3 is 11.1 Å². The number of aliphatic imine (C=N–C) groups is 1. The molecule has 0 saturated heterocycles. The van der Waals surface area contributed by atoms with E-state index in [1.54, 1.807) is 6.92 Å². The van der Waals surface area contributed by atoms with Crippen LogP contribution in [0, 0.1) is 11.6 Å². The van der Waals surface area contributed by atoms with E-state index < -0.39 is 38.9 Å². The summed E-state index contributed by atoms with van der Waals surface area (Å²) in [6, 6.07) is 5.99. The highest BCUT2D eigenvalue weighted by Gasteiger charge is 2.42. The van der Waals surface area contributed by atoms with E-state index in [4.69, 9.17) is 5.73 Å². The van der Waals surface area contributed by atoms with Crippen LogP contribution in [0.25, 0.3) is 0 Å². The summed E-state index contributed by atoms with van der Waals surface area (Å²) in [4.78, 5) is 20.2. The number of anilines is 1. The molecule has 8 nitrogen and oxygen atoms in total. The minimum atomic E-state index is -3.80. The molecule has 2 heterocycles. The number of amides is 1. The highest BCUT2D eigenvalue weighted by molar-refractivity contribution is 7.89. The first-order valence-corrected chi connectivity index (χ1v) is 10.3. The quantitative estimate of drug-likeness (QED) is 0.778. The van der Waals surface area contributed by atoms with E-state index in [9.17, 15) is 22.0 Å². The molecule has 1 aromatic heterocycles. The molecule has 0 spiro atoms. The molecule has 0 unspecified atom stereocenters. The van der Waals surface area contributed by atoms with Gasteiger partial charge in [-0.3, -0.25) is 4.79 Å². The van der Waals surface area contributed by atoms with E-state index in [2.05, 4.69) is 15.3 Å². The number of pyridine rings is 1. The lowest BCUT2D eigenvalue weighted by Crippen LogP contribution is -2.52. The summed E-state index contributed by atoms with van der Waals surface area (Å²) in [6.07, 6.45) is 0.899. The number of hydrogen-bond donors (Lipinski definition) is 2. The number of carbonyl (C=O) groups excluding carboxylic acids is 1. The summed E-state index contributed by atoms with van der Waals surface area (Å²) in [7, 11) is -3.80. The highest BCUT2D eigenvalue weighted by Crippen LogP contribution is 2.35. The van der Waals surface area contributed by atoms with Gasteiger partial charge in [-0.15, -0.1) is 0 Å². The van der Waals surface area contributed by atoms with Crippen molar-refractivity contribution in [3.05, 3.63) is 59.4 Å². The number of hydrogen-bond acceptors (Lipinski definition) is 6. The SMILES string of the molecule is CCN1C(N)=N[C@](C)(c2cc(NC(=O)c3ccc(F)cn3)ccc2F)CS1(=O)=O. The maximum atomic E-state index is 14.6. The van der Waals surface area contributed by atoms with Gasteiger partial charge in [0.1, 0.15) is 22.9 Å². The second-order valence-electron chi connectivity index (χ2n) is 6.68. The van der Waals surface area contributed by atoms with Crippen LogP contribution >= 0.6 is 0 Å². The zero-order chi connectivity index (χ0) is 21.4. The first-order valence-electron chi connectivity index (χ1n) is 8.64. The summed E-state index contributed by atoms with van der Waals surface area (Å²) >= 11 is 0. The predicted octanol–water partition coefficient (Wildman–Crippen LogP) is 1.81. The van der Waals surface area contributed by atoms with Crippen molar-refractivity contribution in [2.75, 3.05) is 17.6 Å². The van der Waals surface area contributed by atoms with E-state index in [0.717, 1.165) is 22.6 Å². The summed E-state index contributed by atoms with van der Waals surface area (Å²) in [5, 5.41) is 2.52. The fourth-order valence-electron chi connectivity index (χ4n) is 3.13. The predicted molar refractivity (Wildman–Crippen MR) is 104 cm³/mol. The third kappa shape index (κ3) is 4.04. The van der Waals surface area contributed by atoms with Crippen molar-refractivity contribution < 1.29 is 22.0 Å². The highest BCUT2D eigenvalue weighted by atomic mass is 32.2. The number of sulfonamides is 1. The second kappa shape index (κ2) is 7.39. The lowest BCUT2D eigenvalue weighted by atomic mass is 9.93. The summed E-state index contributed by atoms with van der Waals surface area (Å²) in [5.74, 6) is -2.63. The van der Waals surface area contributed by atoms with Gasteiger partial charge in [-0.25, -0.2) is 31.5 Å². The van der Waals surface area contributed by atoms with E-state index in [1.165, 1.54) is 25.1 Å². The second-order valence-corrected chi connectivity index (χ2v) is 8.57. The Morgan fingerprint density at radius 1 is 1.31 bits per heavy atom. The maximum absolute atomic E-state index is 14.6. The molecule has 1 aromatic carbocycles. The molecular formula is C18H19F2N5O3S. The molecule has 29 heavy (non-hydrogen) atoms. The normalized spacial score (nSPS) is 20.8. The van der Waals surface area contributed by atoms with Crippen LogP contribution in [-0.4, -0.2) is 41.9 Å². The molecule has 3 rings (SSSR count). The van der Waals surface area contributed by atoms with Crippen LogP contribution in [0.5, 0.6) is 0 Å². The third-order valence-corrected chi connectivity index (χ3v) is 6.51. The number of nitrogens with one attached hydrogen (secondary N) is 1. The van der Waals surface area contributed by atoms with Crippen LogP contribution in [0.1, 0.15) is 29.9 Å². The summed E-state index contributed by atoms with van der Waals surface area (Å²) < 4.78 is 53.6. The molecule has 11 heteroatoms. The van der Waals surface area contributed by atoms with Crippen molar-refractivity contribution >= 4 is 27.6 Å². The first kappa shape index (κ1) is 20.6. The number of carbonyl (C=O) groups is 1. The average molecular weight is 423 g/mol. The molecular weight excluding hydrogens is 404 g/mol.